The smallest absolute Gasteiger partial charge is 0.265 e. The Hall–Kier alpha value is -2.70. The Morgan fingerprint density at radius 3 is 2.68 bits per heavy atom. The molecule has 0 spiro atoms. The Labute approximate surface area is 146 Å². The second kappa shape index (κ2) is 6.31. The van der Waals surface area contributed by atoms with Crippen LogP contribution in [0, 0.1) is 6.92 Å². The minimum absolute atomic E-state index is 0.312. The Morgan fingerprint density at radius 1 is 1.16 bits per heavy atom. The molecule has 4 rings (SSSR count). The van der Waals surface area contributed by atoms with Gasteiger partial charge in [0.15, 0.2) is 0 Å². The van der Waals surface area contributed by atoms with Gasteiger partial charge in [-0.25, -0.2) is 9.97 Å². The monoisotopic (exact) mass is 338 g/mol. The van der Waals surface area contributed by atoms with E-state index in [-0.39, 0.29) is 0 Å². The summed E-state index contributed by atoms with van der Waals surface area (Å²) in [6.45, 7) is 3.96. The van der Waals surface area contributed by atoms with Gasteiger partial charge in [-0.3, -0.25) is 0 Å². The van der Waals surface area contributed by atoms with Crippen LogP contribution in [-0.4, -0.2) is 47.3 Å². The van der Waals surface area contributed by atoms with Crippen molar-refractivity contribution in [2.24, 2.45) is 0 Å². The molecule has 2 aromatic heterocycles. The Kier molecular flexibility index (Phi) is 3.99. The number of aromatic nitrogens is 4. The van der Waals surface area contributed by atoms with Crippen LogP contribution in [0.15, 0.2) is 29.0 Å². The van der Waals surface area contributed by atoms with Gasteiger partial charge in [-0.05, 0) is 36.6 Å². The molecule has 1 aliphatic heterocycles. The van der Waals surface area contributed by atoms with E-state index >= 15 is 0 Å². The summed E-state index contributed by atoms with van der Waals surface area (Å²) in [6, 6.07) is 6.20. The van der Waals surface area contributed by atoms with Gasteiger partial charge in [0.05, 0.1) is 5.52 Å². The van der Waals surface area contributed by atoms with Crippen LogP contribution >= 0.6 is 0 Å². The summed E-state index contributed by atoms with van der Waals surface area (Å²) in [7, 11) is 3.83. The largest absolute Gasteiger partial charge is 0.356 e. The summed E-state index contributed by atoms with van der Waals surface area (Å²) in [4.78, 5) is 17.7. The zero-order chi connectivity index (χ0) is 17.4. The fourth-order valence-electron chi connectivity index (χ4n) is 3.41. The lowest BCUT2D eigenvalue weighted by molar-refractivity contribution is 0.329. The topological polar surface area (TPSA) is 71.2 Å². The zero-order valence-electron chi connectivity index (χ0n) is 14.8. The molecule has 130 valence electrons. The van der Waals surface area contributed by atoms with E-state index in [1.54, 1.807) is 6.33 Å². The highest BCUT2D eigenvalue weighted by atomic mass is 16.5. The van der Waals surface area contributed by atoms with E-state index in [4.69, 9.17) is 4.52 Å². The first-order valence-electron chi connectivity index (χ1n) is 8.59. The maximum absolute atomic E-state index is 5.45. The first kappa shape index (κ1) is 15.8. The van der Waals surface area contributed by atoms with Gasteiger partial charge >= 0.3 is 0 Å². The van der Waals surface area contributed by atoms with Crippen molar-refractivity contribution in [3.05, 3.63) is 36.0 Å². The normalized spacial score (nSPS) is 15.7. The molecule has 0 saturated carbocycles. The molecule has 1 fully saturated rings. The molecule has 1 aromatic carbocycles. The van der Waals surface area contributed by atoms with E-state index < -0.39 is 0 Å². The molecule has 0 amide bonds. The van der Waals surface area contributed by atoms with Gasteiger partial charge in [-0.15, -0.1) is 0 Å². The molecule has 0 unspecified atom stereocenters. The molecule has 0 N–H and O–H groups in total. The number of rotatable bonds is 3. The number of hydrogen-bond acceptors (Lipinski definition) is 7. The Bertz CT molecular complexity index is 877. The van der Waals surface area contributed by atoms with Gasteiger partial charge < -0.3 is 14.3 Å². The average molecular weight is 338 g/mol. The van der Waals surface area contributed by atoms with Gasteiger partial charge in [0.2, 0.25) is 5.89 Å². The zero-order valence-corrected chi connectivity index (χ0v) is 14.8. The molecule has 0 bridgehead atoms. The van der Waals surface area contributed by atoms with Crippen LogP contribution in [0.25, 0.3) is 10.9 Å². The molecule has 7 heteroatoms. The number of anilines is 2. The van der Waals surface area contributed by atoms with E-state index in [9.17, 15) is 0 Å². The molecule has 1 aliphatic rings. The molecule has 0 aliphatic carbocycles. The highest BCUT2D eigenvalue weighted by Gasteiger charge is 2.27. The predicted octanol–water partition coefficient (Wildman–Crippen LogP) is 2.77. The molecular weight excluding hydrogens is 316 g/mol. The third-order valence-electron chi connectivity index (χ3n) is 4.83. The number of aryl methyl sites for hydroxylation is 1. The number of nitrogens with zero attached hydrogens (tertiary/aromatic N) is 6. The third-order valence-corrected chi connectivity index (χ3v) is 4.83. The van der Waals surface area contributed by atoms with Crippen LogP contribution in [-0.2, 0) is 0 Å². The second-order valence-electron chi connectivity index (χ2n) is 6.75. The summed E-state index contributed by atoms with van der Waals surface area (Å²) in [5, 5.41) is 5.18. The Morgan fingerprint density at radius 2 is 1.96 bits per heavy atom. The summed E-state index contributed by atoms with van der Waals surface area (Å²) in [5.41, 5.74) is 2.21. The molecule has 0 radical (unpaired) electrons. The maximum atomic E-state index is 5.45. The SMILES string of the molecule is Cc1cccc2ncnc(N3CCC(c4nc(N(C)C)no4)CC3)c12. The van der Waals surface area contributed by atoms with Crippen molar-refractivity contribution in [2.45, 2.75) is 25.7 Å². The van der Waals surface area contributed by atoms with Gasteiger partial charge in [-0.1, -0.05) is 12.1 Å². The van der Waals surface area contributed by atoms with Crippen LogP contribution in [0.5, 0.6) is 0 Å². The minimum atomic E-state index is 0.312. The summed E-state index contributed by atoms with van der Waals surface area (Å²) >= 11 is 0. The number of piperidine rings is 1. The van der Waals surface area contributed by atoms with Crippen LogP contribution in [0.2, 0.25) is 0 Å². The van der Waals surface area contributed by atoms with Crippen LogP contribution in [0.3, 0.4) is 0 Å². The number of hydrogen-bond donors (Lipinski definition) is 0. The molecule has 3 aromatic rings. The summed E-state index contributed by atoms with van der Waals surface area (Å²) in [6.07, 6.45) is 3.61. The van der Waals surface area contributed by atoms with Crippen LogP contribution in [0.4, 0.5) is 11.8 Å². The highest BCUT2D eigenvalue weighted by Crippen LogP contribution is 2.33. The molecule has 3 heterocycles. The Balaban J connectivity index is 1.54. The molecule has 25 heavy (non-hydrogen) atoms. The van der Waals surface area contributed by atoms with Crippen LogP contribution in [0.1, 0.15) is 30.2 Å². The summed E-state index contributed by atoms with van der Waals surface area (Å²) < 4.78 is 5.45. The molecule has 7 nitrogen and oxygen atoms in total. The second-order valence-corrected chi connectivity index (χ2v) is 6.75. The standard InChI is InChI=1S/C18H22N6O/c1-12-5-4-6-14-15(12)16(20-11-19-14)24-9-7-13(8-10-24)17-21-18(22-25-17)23(2)3/h4-6,11,13H,7-10H2,1-3H3. The lowest BCUT2D eigenvalue weighted by Crippen LogP contribution is -2.33. The highest BCUT2D eigenvalue weighted by molar-refractivity contribution is 5.92. The number of fused-ring (bicyclic) bond motifs is 1. The van der Waals surface area contributed by atoms with E-state index in [0.717, 1.165) is 48.5 Å². The molecule has 0 atom stereocenters. The van der Waals surface area contributed by atoms with Crippen LogP contribution < -0.4 is 9.80 Å². The molecule has 1 saturated heterocycles. The van der Waals surface area contributed by atoms with E-state index in [1.165, 1.54) is 5.56 Å². The van der Waals surface area contributed by atoms with E-state index in [1.807, 2.05) is 31.1 Å². The van der Waals surface area contributed by atoms with Crippen molar-refractivity contribution < 1.29 is 4.52 Å². The average Bonchev–Trinajstić information content (AvgIpc) is 3.12. The van der Waals surface area contributed by atoms with Gasteiger partial charge in [-0.2, -0.15) is 4.98 Å². The molecular formula is C18H22N6O. The quantitative estimate of drug-likeness (QED) is 0.727. The lowest BCUT2D eigenvalue weighted by atomic mass is 9.96. The van der Waals surface area contributed by atoms with Gasteiger partial charge in [0.25, 0.3) is 5.95 Å². The summed E-state index contributed by atoms with van der Waals surface area (Å²) in [5.74, 6) is 2.72. The number of benzene rings is 1. The minimum Gasteiger partial charge on any atom is -0.356 e. The van der Waals surface area contributed by atoms with Crippen molar-refractivity contribution in [1.82, 2.24) is 20.1 Å². The first-order chi connectivity index (χ1) is 12.1. The fraction of sp³-hybridized carbons (Fsp3) is 0.444. The van der Waals surface area contributed by atoms with Crippen molar-refractivity contribution in [1.29, 1.82) is 0 Å². The lowest BCUT2D eigenvalue weighted by Gasteiger charge is -2.32. The van der Waals surface area contributed by atoms with Gasteiger partial charge in [0, 0.05) is 38.5 Å². The van der Waals surface area contributed by atoms with Crippen molar-refractivity contribution in [2.75, 3.05) is 37.0 Å². The third kappa shape index (κ3) is 2.90. The fourth-order valence-corrected chi connectivity index (χ4v) is 3.41. The van der Waals surface area contributed by atoms with Crippen molar-refractivity contribution in [3.8, 4) is 0 Å². The first-order valence-corrected chi connectivity index (χ1v) is 8.59. The van der Waals surface area contributed by atoms with Crippen molar-refractivity contribution in [3.63, 3.8) is 0 Å². The maximum Gasteiger partial charge on any atom is 0.265 e. The van der Waals surface area contributed by atoms with E-state index in [0.29, 0.717) is 11.9 Å². The van der Waals surface area contributed by atoms with Gasteiger partial charge in [0.1, 0.15) is 12.1 Å². The van der Waals surface area contributed by atoms with E-state index in [2.05, 4.69) is 38.0 Å². The predicted molar refractivity (Wildman–Crippen MR) is 97.1 cm³/mol. The van der Waals surface area contributed by atoms with Crippen molar-refractivity contribution >= 4 is 22.7 Å².